The molecule has 0 spiro atoms. The summed E-state index contributed by atoms with van der Waals surface area (Å²) in [4.78, 5) is 0. The number of ether oxygens (including phenoxy) is 1. The number of rotatable bonds is 6. The first-order valence-electron chi connectivity index (χ1n) is 6.41. The van der Waals surface area contributed by atoms with Crippen LogP contribution in [0.15, 0.2) is 54.6 Å². The third-order valence-corrected chi connectivity index (χ3v) is 2.97. The Kier molecular flexibility index (Phi) is 5.25. The third-order valence-electron chi connectivity index (χ3n) is 2.74. The van der Waals surface area contributed by atoms with Gasteiger partial charge in [0.2, 0.25) is 0 Å². The van der Waals surface area contributed by atoms with Crippen LogP contribution in [0, 0.1) is 0 Å². The van der Waals surface area contributed by atoms with Gasteiger partial charge in [-0.1, -0.05) is 48.0 Å². The molecule has 2 aromatic rings. The van der Waals surface area contributed by atoms with Gasteiger partial charge in [0.1, 0.15) is 11.9 Å². The van der Waals surface area contributed by atoms with Crippen molar-refractivity contribution >= 4 is 11.6 Å². The summed E-state index contributed by atoms with van der Waals surface area (Å²) in [7, 11) is 0. The van der Waals surface area contributed by atoms with Crippen LogP contribution in [0.3, 0.4) is 0 Å². The molecule has 0 heterocycles. The standard InChI is InChI=1S/C16H18ClNO/c1-13(19-16-9-5-8-15(17)10-16)11-18-12-14-6-3-2-4-7-14/h2-10,13,18H,11-12H2,1H3. The highest BCUT2D eigenvalue weighted by molar-refractivity contribution is 6.30. The van der Waals surface area contributed by atoms with E-state index in [1.807, 2.05) is 49.4 Å². The van der Waals surface area contributed by atoms with E-state index >= 15 is 0 Å². The topological polar surface area (TPSA) is 21.3 Å². The second-order valence-electron chi connectivity index (χ2n) is 4.50. The van der Waals surface area contributed by atoms with Gasteiger partial charge in [-0.25, -0.2) is 0 Å². The summed E-state index contributed by atoms with van der Waals surface area (Å²) in [6.07, 6.45) is 0.0992. The molecule has 2 nitrogen and oxygen atoms in total. The van der Waals surface area contributed by atoms with Crippen molar-refractivity contribution in [3.05, 3.63) is 65.2 Å². The average molecular weight is 276 g/mol. The Balaban J connectivity index is 1.74. The molecular formula is C16H18ClNO. The Morgan fingerprint density at radius 3 is 2.63 bits per heavy atom. The van der Waals surface area contributed by atoms with Gasteiger partial charge in [-0.2, -0.15) is 0 Å². The van der Waals surface area contributed by atoms with Gasteiger partial charge in [-0.15, -0.1) is 0 Å². The first-order chi connectivity index (χ1) is 9.24. The van der Waals surface area contributed by atoms with Gasteiger partial charge in [-0.05, 0) is 30.7 Å². The number of hydrogen-bond donors (Lipinski definition) is 1. The van der Waals surface area contributed by atoms with Gasteiger partial charge in [0.05, 0.1) is 0 Å². The molecule has 0 saturated carbocycles. The molecule has 0 amide bonds. The van der Waals surface area contributed by atoms with Crippen LogP contribution in [-0.2, 0) is 6.54 Å². The first-order valence-corrected chi connectivity index (χ1v) is 6.79. The van der Waals surface area contributed by atoms with E-state index < -0.39 is 0 Å². The Hall–Kier alpha value is -1.51. The summed E-state index contributed by atoms with van der Waals surface area (Å²) in [5, 5.41) is 4.07. The molecule has 0 aliphatic heterocycles. The van der Waals surface area contributed by atoms with Crippen LogP contribution in [0.1, 0.15) is 12.5 Å². The molecule has 0 aliphatic rings. The Morgan fingerprint density at radius 1 is 1.11 bits per heavy atom. The average Bonchev–Trinajstić information content (AvgIpc) is 2.40. The molecule has 100 valence electrons. The second kappa shape index (κ2) is 7.17. The second-order valence-corrected chi connectivity index (χ2v) is 4.94. The molecule has 1 atom stereocenters. The van der Waals surface area contributed by atoms with Crippen molar-refractivity contribution in [3.8, 4) is 5.75 Å². The van der Waals surface area contributed by atoms with Crippen molar-refractivity contribution in [3.63, 3.8) is 0 Å². The van der Waals surface area contributed by atoms with Crippen molar-refractivity contribution in [1.29, 1.82) is 0 Å². The predicted octanol–water partition coefficient (Wildman–Crippen LogP) is 3.90. The van der Waals surface area contributed by atoms with Crippen molar-refractivity contribution in [2.24, 2.45) is 0 Å². The molecule has 0 fully saturated rings. The fourth-order valence-corrected chi connectivity index (χ4v) is 2.01. The quantitative estimate of drug-likeness (QED) is 0.863. The van der Waals surface area contributed by atoms with Gasteiger partial charge in [0.25, 0.3) is 0 Å². The molecule has 0 radical (unpaired) electrons. The van der Waals surface area contributed by atoms with Crippen LogP contribution in [0.25, 0.3) is 0 Å². The number of halogens is 1. The molecule has 0 saturated heterocycles. The monoisotopic (exact) mass is 275 g/mol. The minimum atomic E-state index is 0.0992. The predicted molar refractivity (Wildman–Crippen MR) is 79.7 cm³/mol. The highest BCUT2D eigenvalue weighted by Gasteiger charge is 2.04. The first kappa shape index (κ1) is 13.9. The molecule has 0 bridgehead atoms. The molecular weight excluding hydrogens is 258 g/mol. The van der Waals surface area contributed by atoms with Crippen molar-refractivity contribution in [2.45, 2.75) is 19.6 Å². The summed E-state index contributed by atoms with van der Waals surface area (Å²) in [6, 6.07) is 17.8. The number of nitrogens with one attached hydrogen (secondary N) is 1. The maximum Gasteiger partial charge on any atom is 0.121 e. The van der Waals surface area contributed by atoms with Gasteiger partial charge < -0.3 is 10.1 Å². The number of benzene rings is 2. The summed E-state index contributed by atoms with van der Waals surface area (Å²) in [5.41, 5.74) is 1.28. The van der Waals surface area contributed by atoms with E-state index in [-0.39, 0.29) is 6.10 Å². The highest BCUT2D eigenvalue weighted by atomic mass is 35.5. The normalized spacial score (nSPS) is 12.1. The van der Waals surface area contributed by atoms with E-state index in [0.29, 0.717) is 5.02 Å². The molecule has 2 rings (SSSR count). The fraction of sp³-hybridized carbons (Fsp3) is 0.250. The lowest BCUT2D eigenvalue weighted by Crippen LogP contribution is -2.28. The maximum atomic E-state index is 5.92. The third kappa shape index (κ3) is 4.93. The van der Waals surface area contributed by atoms with E-state index in [1.54, 1.807) is 0 Å². The molecule has 1 N–H and O–H groups in total. The van der Waals surface area contributed by atoms with Crippen molar-refractivity contribution in [1.82, 2.24) is 5.32 Å². The summed E-state index contributed by atoms with van der Waals surface area (Å²) < 4.78 is 5.79. The van der Waals surface area contributed by atoms with E-state index in [0.717, 1.165) is 18.8 Å². The molecule has 0 aliphatic carbocycles. The molecule has 3 heteroatoms. The maximum absolute atomic E-state index is 5.92. The number of hydrogen-bond acceptors (Lipinski definition) is 2. The van der Waals surface area contributed by atoms with Gasteiger partial charge in [0.15, 0.2) is 0 Å². The molecule has 19 heavy (non-hydrogen) atoms. The van der Waals surface area contributed by atoms with Crippen LogP contribution in [-0.4, -0.2) is 12.6 Å². The lowest BCUT2D eigenvalue weighted by molar-refractivity contribution is 0.217. The molecule has 1 unspecified atom stereocenters. The fourth-order valence-electron chi connectivity index (χ4n) is 1.83. The van der Waals surface area contributed by atoms with Crippen LogP contribution in [0.2, 0.25) is 5.02 Å². The summed E-state index contributed by atoms with van der Waals surface area (Å²) >= 11 is 5.92. The van der Waals surface area contributed by atoms with E-state index in [4.69, 9.17) is 16.3 Å². The van der Waals surface area contributed by atoms with Crippen molar-refractivity contribution in [2.75, 3.05) is 6.54 Å². The van der Waals surface area contributed by atoms with Crippen LogP contribution in [0.5, 0.6) is 5.75 Å². The van der Waals surface area contributed by atoms with Gasteiger partial charge in [-0.3, -0.25) is 0 Å². The van der Waals surface area contributed by atoms with Crippen molar-refractivity contribution < 1.29 is 4.74 Å². The minimum Gasteiger partial charge on any atom is -0.489 e. The Bertz CT molecular complexity index is 501. The highest BCUT2D eigenvalue weighted by Crippen LogP contribution is 2.18. The largest absolute Gasteiger partial charge is 0.489 e. The Labute approximate surface area is 119 Å². The smallest absolute Gasteiger partial charge is 0.121 e. The van der Waals surface area contributed by atoms with Crippen LogP contribution in [0.4, 0.5) is 0 Å². The zero-order valence-corrected chi connectivity index (χ0v) is 11.7. The Morgan fingerprint density at radius 2 is 1.89 bits per heavy atom. The lowest BCUT2D eigenvalue weighted by Gasteiger charge is -2.15. The van der Waals surface area contributed by atoms with E-state index in [9.17, 15) is 0 Å². The zero-order valence-electron chi connectivity index (χ0n) is 11.0. The molecule has 0 aromatic heterocycles. The van der Waals surface area contributed by atoms with Crippen LogP contribution >= 0.6 is 11.6 Å². The SMILES string of the molecule is CC(CNCc1ccccc1)Oc1cccc(Cl)c1. The van der Waals surface area contributed by atoms with E-state index in [2.05, 4.69) is 17.4 Å². The minimum absolute atomic E-state index is 0.0992. The summed E-state index contributed by atoms with van der Waals surface area (Å²) in [6.45, 7) is 3.68. The summed E-state index contributed by atoms with van der Waals surface area (Å²) in [5.74, 6) is 0.807. The van der Waals surface area contributed by atoms with Gasteiger partial charge in [0, 0.05) is 18.1 Å². The zero-order chi connectivity index (χ0) is 13.5. The molecule has 2 aromatic carbocycles. The lowest BCUT2D eigenvalue weighted by atomic mass is 10.2. The van der Waals surface area contributed by atoms with Gasteiger partial charge >= 0.3 is 0 Å². The van der Waals surface area contributed by atoms with E-state index in [1.165, 1.54) is 5.56 Å². The van der Waals surface area contributed by atoms with Crippen LogP contribution < -0.4 is 10.1 Å².